The molecule has 30 nitrogen and oxygen atoms in total. The molecule has 15 fully saturated rings. The monoisotopic (exact) mass is 1890 g/mol. The van der Waals surface area contributed by atoms with E-state index >= 15 is 0 Å². The van der Waals surface area contributed by atoms with Gasteiger partial charge in [0.15, 0.2) is 15.1 Å². The van der Waals surface area contributed by atoms with Gasteiger partial charge in [0, 0.05) is 93.3 Å². The van der Waals surface area contributed by atoms with Gasteiger partial charge < -0.3 is 36.0 Å². The lowest BCUT2D eigenvalue weighted by atomic mass is 9.93. The molecule has 34 heteroatoms. The number of hydrogen-bond donors (Lipinski definition) is 7. The summed E-state index contributed by atoms with van der Waals surface area (Å²) in [5.41, 5.74) is 3.96. The Hall–Kier alpha value is -9.34. The van der Waals surface area contributed by atoms with E-state index in [-0.39, 0.29) is 77.2 Å². The third kappa shape index (κ3) is 16.5. The van der Waals surface area contributed by atoms with Crippen molar-refractivity contribution >= 4 is 124 Å². The minimum Gasteiger partial charge on any atom is -0.370 e. The zero-order valence-corrected chi connectivity index (χ0v) is 80.6. The van der Waals surface area contributed by atoms with Crippen LogP contribution in [0.4, 0.5) is 46.5 Å². The number of halogens is 1. The number of carbonyl (C=O) groups excluding carboxylic acids is 6. The lowest BCUT2D eigenvalue weighted by Crippen LogP contribution is -2.41. The number of rotatable bonds is 11. The lowest BCUT2D eigenvalue weighted by molar-refractivity contribution is -0.123. The van der Waals surface area contributed by atoms with Crippen LogP contribution >= 0.6 is 11.6 Å². The first kappa shape index (κ1) is 90.1. The molecule has 7 N–H and O–H groups in total. The molecule has 3 unspecified atom stereocenters. The summed E-state index contributed by atoms with van der Waals surface area (Å²) in [4.78, 5) is 116. The Morgan fingerprint density at radius 3 is 0.985 bits per heavy atom. The SMILES string of the molecule is CC1(C)C[C@@H]2CCCNc3cccc(n3)S(=O)(=O)NC(=O)c3ccc(Cl)nc3N1C2.CC1(C)C[C@@H]2CCCNc3cccc(n3)S(=O)(=O)NC(=O)c3ccc(N4CCC(CCC5C6(CC6)C56CC6)C4=O)nc3N1C2.CC1(C)C[C@@H]2CCCNc3cccc(n3)S(=O)(=O)NC(=O)c3ccc(N4CCC(CCC5C6(CC6)C56CC6)C4=O)nc3N1C2.O=C1NCCC1CCC1C2(CC2)C12CC2. The van der Waals surface area contributed by atoms with Crippen molar-refractivity contribution in [2.75, 3.05) is 99.4 Å². The summed E-state index contributed by atoms with van der Waals surface area (Å²) in [7, 11) is -12.6. The van der Waals surface area contributed by atoms with Gasteiger partial charge in [-0.05, 0) is 375 Å². The molecule has 133 heavy (non-hydrogen) atoms. The highest BCUT2D eigenvalue weighted by Gasteiger charge is 2.87. The van der Waals surface area contributed by atoms with Gasteiger partial charge in [0.2, 0.25) is 17.7 Å². The summed E-state index contributed by atoms with van der Waals surface area (Å²) >= 11 is 6.14. The van der Waals surface area contributed by atoms with Gasteiger partial charge in [0.25, 0.3) is 47.8 Å². The van der Waals surface area contributed by atoms with E-state index in [1.54, 1.807) is 70.5 Å². The highest BCUT2D eigenvalue weighted by molar-refractivity contribution is 7.90. The van der Waals surface area contributed by atoms with Crippen LogP contribution < -0.4 is 59.9 Å². The zero-order chi connectivity index (χ0) is 92.6. The molecule has 6 atom stereocenters. The summed E-state index contributed by atoms with van der Waals surface area (Å²) in [5.74, 6) is 6.25. The summed E-state index contributed by atoms with van der Waals surface area (Å²) in [5, 5.41) is 12.2. The number of nitrogens with zero attached hydrogens (tertiary/aromatic N) is 11. The molecule has 6 aromatic heterocycles. The van der Waals surface area contributed by atoms with Crippen LogP contribution in [0.2, 0.25) is 5.15 Å². The van der Waals surface area contributed by atoms with Gasteiger partial charge in [-0.25, -0.2) is 44.1 Å². The normalized spacial score (nSPS) is 28.7. The average Bonchev–Trinajstić information content (AvgIpc) is 1.45. The number of aromatic nitrogens is 6. The third-order valence-corrected chi connectivity index (χ3v) is 39.0. The van der Waals surface area contributed by atoms with Crippen LogP contribution in [-0.4, -0.2) is 166 Å². The van der Waals surface area contributed by atoms with Crippen LogP contribution in [0.3, 0.4) is 0 Å². The van der Waals surface area contributed by atoms with E-state index in [0.717, 1.165) is 144 Å². The van der Waals surface area contributed by atoms with Gasteiger partial charge >= 0.3 is 0 Å². The Morgan fingerprint density at radius 2 is 0.669 bits per heavy atom. The fourth-order valence-corrected chi connectivity index (χ4v) is 30.6. The molecule has 24 rings (SSSR count). The van der Waals surface area contributed by atoms with Crippen molar-refractivity contribution in [2.24, 2.45) is 85.8 Å². The van der Waals surface area contributed by atoms with Crippen molar-refractivity contribution in [1.29, 1.82) is 0 Å². The predicted molar refractivity (Wildman–Crippen MR) is 506 cm³/mol. The van der Waals surface area contributed by atoms with E-state index < -0.39 is 47.8 Å². The molecular formula is C99H127ClN18O12S3. The molecular weight excluding hydrogens is 1760 g/mol. The Morgan fingerprint density at radius 1 is 0.353 bits per heavy atom. The maximum Gasteiger partial charge on any atom is 0.281 e. The average molecular weight is 1890 g/mol. The van der Waals surface area contributed by atoms with E-state index in [2.05, 4.69) is 112 Å². The van der Waals surface area contributed by atoms with Crippen molar-refractivity contribution in [2.45, 2.75) is 266 Å². The minimum atomic E-state index is -4.23. The van der Waals surface area contributed by atoms with Gasteiger partial charge in [-0.2, -0.15) is 25.3 Å². The Labute approximate surface area is 785 Å². The number of anilines is 8. The number of sulfonamides is 3. The fraction of sp³-hybridized carbons (Fsp3) is 0.636. The van der Waals surface area contributed by atoms with Crippen LogP contribution in [0.1, 0.15) is 265 Å². The van der Waals surface area contributed by atoms with E-state index in [9.17, 15) is 54.0 Å². The molecule has 12 bridgehead atoms. The number of pyridine rings is 6. The number of nitrogens with one attached hydrogen (secondary N) is 7. The maximum atomic E-state index is 13.7. The number of hydrogen-bond acceptors (Lipinski definition) is 24. The number of amides is 6. The highest BCUT2D eigenvalue weighted by Crippen LogP contribution is 2.95. The van der Waals surface area contributed by atoms with Crippen LogP contribution in [0.25, 0.3) is 0 Å². The number of carbonyl (C=O) groups is 6. The maximum absolute atomic E-state index is 13.7. The second-order valence-corrected chi connectivity index (χ2v) is 49.5. The van der Waals surface area contributed by atoms with Crippen LogP contribution in [0, 0.1) is 85.8 Å². The molecule has 6 saturated heterocycles. The van der Waals surface area contributed by atoms with Crippen molar-refractivity contribution in [3.8, 4) is 0 Å². The van der Waals surface area contributed by atoms with E-state index in [1.807, 2.05) is 0 Å². The molecule has 0 radical (unpaired) electrons. The molecule has 15 heterocycles. The van der Waals surface area contributed by atoms with Gasteiger partial charge in [-0.3, -0.25) is 38.6 Å². The smallest absolute Gasteiger partial charge is 0.281 e. The second kappa shape index (κ2) is 33.0. The fourth-order valence-electron chi connectivity index (χ4n) is 27.7. The predicted octanol–water partition coefficient (Wildman–Crippen LogP) is 14.6. The minimum absolute atomic E-state index is 0.0135. The summed E-state index contributed by atoms with van der Waals surface area (Å²) in [6, 6.07) is 23.8. The largest absolute Gasteiger partial charge is 0.370 e. The standard InChI is InChI=1S/2C33H42N6O4S.C20H24ClN5O3S.C13H19NO/c2*1-31(2)19-21-5-4-17-34-25-6-3-7-27(35-25)44(42,43)37-29(40)23-9-11-26(36-28(23)39(31)20-21)38-18-12-22(30(38)41)8-10-24-32(13-14-32)33(24)15-16-33;1-20(2)11-13-5-4-10-22-16-6-3-7-17(24-16)30(28,29)25-19(27)14-8-9-15(21)23-18(14)26(20)12-13;15-11-9(3-8-14-11)1-2-10-12(4-5-12)13(10)6-7-13/h2*3,6-7,9,11,21-22,24H,4-5,8,10,12-20H2,1-2H3,(H,34,35)(H,37,40);3,6-9,13H,4-5,10-12H2,1-2H3,(H,22,24)(H,25,27);9-10H,1-8H2,(H,14,15)/t2*21-,22?;13-;/m000./s1. The molecule has 9 aliphatic heterocycles. The lowest BCUT2D eigenvalue weighted by Gasteiger charge is -2.34. The molecule has 6 amide bonds. The first-order valence-corrected chi connectivity index (χ1v) is 54.1. The second-order valence-electron chi connectivity index (χ2n) is 44.2. The molecule has 9 aliphatic carbocycles. The van der Waals surface area contributed by atoms with Gasteiger partial charge in [0.1, 0.15) is 51.7 Å². The van der Waals surface area contributed by atoms with Crippen molar-refractivity contribution in [3.63, 3.8) is 0 Å². The van der Waals surface area contributed by atoms with Crippen molar-refractivity contribution in [1.82, 2.24) is 49.4 Å². The van der Waals surface area contributed by atoms with Gasteiger partial charge in [-0.1, -0.05) is 29.8 Å². The Kier molecular flexibility index (Phi) is 22.3. The first-order valence-electron chi connectivity index (χ1n) is 49.3. The summed E-state index contributed by atoms with van der Waals surface area (Å²) in [6.07, 6.45) is 35.1. The topological polar surface area (TPSA) is 383 Å². The third-order valence-electron chi connectivity index (χ3n) is 35.1. The molecule has 710 valence electrons. The summed E-state index contributed by atoms with van der Waals surface area (Å²) in [6.45, 7) is 19.0. The van der Waals surface area contributed by atoms with Crippen LogP contribution in [0.5, 0.6) is 0 Å². The molecule has 6 spiro atoms. The van der Waals surface area contributed by atoms with E-state index in [1.165, 1.54) is 120 Å². The molecule has 6 aromatic rings. The quantitative estimate of drug-likeness (QED) is 0.0592. The molecule has 0 aromatic carbocycles. The Balaban J connectivity index is 0.000000113. The number of fused-ring (bicyclic) bond motifs is 21. The summed E-state index contributed by atoms with van der Waals surface area (Å²) < 4.78 is 85.2. The highest BCUT2D eigenvalue weighted by atomic mass is 35.5. The van der Waals surface area contributed by atoms with Gasteiger partial charge in [-0.15, -0.1) is 0 Å². The molecule has 9 saturated carbocycles. The van der Waals surface area contributed by atoms with Crippen LogP contribution in [-0.2, 0) is 44.5 Å². The van der Waals surface area contributed by atoms with E-state index in [0.29, 0.717) is 144 Å². The molecule has 18 aliphatic rings. The van der Waals surface area contributed by atoms with Crippen LogP contribution in [0.15, 0.2) is 106 Å². The van der Waals surface area contributed by atoms with Crippen molar-refractivity contribution < 1.29 is 54.0 Å². The zero-order valence-electron chi connectivity index (χ0n) is 77.4. The Bertz CT molecular complexity index is 5770. The van der Waals surface area contributed by atoms with Gasteiger partial charge in [0.05, 0.1) is 16.7 Å². The first-order chi connectivity index (χ1) is 63.5. The van der Waals surface area contributed by atoms with Crippen molar-refractivity contribution in [3.05, 3.63) is 113 Å². The van der Waals surface area contributed by atoms with E-state index in [4.69, 9.17) is 21.6 Å².